The number of hydrogen-bond donors (Lipinski definition) is 1. The van der Waals surface area contributed by atoms with Gasteiger partial charge in [0, 0.05) is 18.1 Å². The Labute approximate surface area is 159 Å². The number of halogens is 1. The van der Waals surface area contributed by atoms with Gasteiger partial charge in [-0.1, -0.05) is 41.9 Å². The molecule has 0 bridgehead atoms. The van der Waals surface area contributed by atoms with E-state index in [1.54, 1.807) is 7.05 Å². The standard InChI is InChI=1S/C19H29BrN2O3/c1-13(2)10-16(22(6)18(24)25-19(3,4)5)17(23)21-12-14-8-7-9-15(20)11-14/h7-9,11,13,16H,10,12H2,1-6H3,(H,21,23)/t16-/m0/s1. The summed E-state index contributed by atoms with van der Waals surface area (Å²) in [6.07, 6.45) is 0.0795. The van der Waals surface area contributed by atoms with E-state index >= 15 is 0 Å². The Morgan fingerprint density at radius 1 is 1.28 bits per heavy atom. The summed E-state index contributed by atoms with van der Waals surface area (Å²) in [6, 6.07) is 7.18. The molecule has 25 heavy (non-hydrogen) atoms. The molecule has 1 aromatic carbocycles. The molecule has 0 aromatic heterocycles. The first-order valence-corrected chi connectivity index (χ1v) is 9.27. The van der Waals surface area contributed by atoms with Crippen molar-refractivity contribution in [3.63, 3.8) is 0 Å². The molecule has 0 unspecified atom stereocenters. The number of nitrogens with zero attached hydrogens (tertiary/aromatic N) is 1. The molecule has 0 saturated carbocycles. The summed E-state index contributed by atoms with van der Waals surface area (Å²) in [4.78, 5) is 26.4. The normalized spacial score (nSPS) is 12.6. The van der Waals surface area contributed by atoms with Crippen LogP contribution in [0, 0.1) is 5.92 Å². The highest BCUT2D eigenvalue weighted by Crippen LogP contribution is 2.16. The van der Waals surface area contributed by atoms with Crippen molar-refractivity contribution in [2.75, 3.05) is 7.05 Å². The predicted molar refractivity (Wildman–Crippen MR) is 103 cm³/mol. The number of hydrogen-bond acceptors (Lipinski definition) is 3. The van der Waals surface area contributed by atoms with Crippen LogP contribution < -0.4 is 5.32 Å². The average molecular weight is 413 g/mol. The SMILES string of the molecule is CC(C)C[C@@H](C(=O)NCc1cccc(Br)c1)N(C)C(=O)OC(C)(C)C. The van der Waals surface area contributed by atoms with Gasteiger partial charge in [-0.3, -0.25) is 9.69 Å². The molecule has 5 nitrogen and oxygen atoms in total. The minimum atomic E-state index is -0.597. The summed E-state index contributed by atoms with van der Waals surface area (Å²) in [7, 11) is 1.61. The van der Waals surface area contributed by atoms with E-state index in [4.69, 9.17) is 4.74 Å². The summed E-state index contributed by atoms with van der Waals surface area (Å²) in [5.74, 6) is 0.0912. The molecular weight excluding hydrogens is 384 g/mol. The molecule has 1 atom stereocenters. The van der Waals surface area contributed by atoms with Crippen molar-refractivity contribution in [1.82, 2.24) is 10.2 Å². The van der Waals surface area contributed by atoms with Crippen molar-refractivity contribution >= 4 is 27.9 Å². The number of amides is 2. The van der Waals surface area contributed by atoms with E-state index in [0.717, 1.165) is 10.0 Å². The number of carbonyl (C=O) groups is 2. The van der Waals surface area contributed by atoms with Crippen LogP contribution in [0.1, 0.15) is 46.6 Å². The number of likely N-dealkylation sites (N-methyl/N-ethyl adjacent to an activating group) is 1. The molecule has 1 N–H and O–H groups in total. The predicted octanol–water partition coefficient (Wildman–Crippen LogP) is 4.35. The Morgan fingerprint density at radius 2 is 1.92 bits per heavy atom. The Hall–Kier alpha value is -1.56. The monoisotopic (exact) mass is 412 g/mol. The van der Waals surface area contributed by atoms with Crippen LogP contribution in [0.15, 0.2) is 28.7 Å². The van der Waals surface area contributed by atoms with Crippen molar-refractivity contribution in [3.8, 4) is 0 Å². The van der Waals surface area contributed by atoms with E-state index in [9.17, 15) is 9.59 Å². The van der Waals surface area contributed by atoms with Crippen molar-refractivity contribution < 1.29 is 14.3 Å². The molecule has 1 aromatic rings. The third-order valence-corrected chi connectivity index (χ3v) is 4.00. The van der Waals surface area contributed by atoms with Crippen LogP contribution in [-0.4, -0.2) is 35.6 Å². The van der Waals surface area contributed by atoms with Gasteiger partial charge in [-0.05, 0) is 50.8 Å². The lowest BCUT2D eigenvalue weighted by molar-refractivity contribution is -0.126. The van der Waals surface area contributed by atoms with Crippen LogP contribution in [0.2, 0.25) is 0 Å². The summed E-state index contributed by atoms with van der Waals surface area (Å²) in [5, 5.41) is 2.92. The first-order valence-electron chi connectivity index (χ1n) is 8.47. The molecule has 0 saturated heterocycles. The van der Waals surface area contributed by atoms with Crippen molar-refractivity contribution in [1.29, 1.82) is 0 Å². The van der Waals surface area contributed by atoms with Gasteiger partial charge in [-0.15, -0.1) is 0 Å². The Morgan fingerprint density at radius 3 is 2.44 bits per heavy atom. The van der Waals surface area contributed by atoms with E-state index in [0.29, 0.717) is 13.0 Å². The van der Waals surface area contributed by atoms with E-state index in [2.05, 4.69) is 21.2 Å². The maximum atomic E-state index is 12.7. The average Bonchev–Trinajstić information content (AvgIpc) is 2.47. The molecule has 140 valence electrons. The third kappa shape index (κ3) is 7.90. The van der Waals surface area contributed by atoms with Gasteiger partial charge in [0.05, 0.1) is 0 Å². The van der Waals surface area contributed by atoms with E-state index < -0.39 is 17.7 Å². The molecule has 0 fully saturated rings. The summed E-state index contributed by atoms with van der Waals surface area (Å²) < 4.78 is 6.35. The van der Waals surface area contributed by atoms with Gasteiger partial charge in [0.25, 0.3) is 0 Å². The van der Waals surface area contributed by atoms with Crippen LogP contribution in [0.5, 0.6) is 0 Å². The summed E-state index contributed by atoms with van der Waals surface area (Å²) in [6.45, 7) is 9.89. The molecule has 0 aliphatic rings. The van der Waals surface area contributed by atoms with Gasteiger partial charge in [0.1, 0.15) is 11.6 Å². The lowest BCUT2D eigenvalue weighted by atomic mass is 10.0. The van der Waals surface area contributed by atoms with Gasteiger partial charge in [-0.25, -0.2) is 4.79 Å². The van der Waals surface area contributed by atoms with E-state index in [-0.39, 0.29) is 11.8 Å². The highest BCUT2D eigenvalue weighted by molar-refractivity contribution is 9.10. The van der Waals surface area contributed by atoms with E-state index in [1.807, 2.05) is 58.9 Å². The van der Waals surface area contributed by atoms with Gasteiger partial charge in [0.15, 0.2) is 0 Å². The zero-order valence-corrected chi connectivity index (χ0v) is 17.5. The Kier molecular flexibility index (Phi) is 7.93. The molecule has 0 aliphatic carbocycles. The second kappa shape index (κ2) is 9.22. The van der Waals surface area contributed by atoms with Gasteiger partial charge < -0.3 is 10.1 Å². The smallest absolute Gasteiger partial charge is 0.410 e. The van der Waals surface area contributed by atoms with Gasteiger partial charge in [-0.2, -0.15) is 0 Å². The largest absolute Gasteiger partial charge is 0.444 e. The van der Waals surface area contributed by atoms with Gasteiger partial charge in [0.2, 0.25) is 5.91 Å². The topological polar surface area (TPSA) is 58.6 Å². The fourth-order valence-corrected chi connectivity index (χ4v) is 2.75. The van der Waals surface area contributed by atoms with Crippen LogP contribution >= 0.6 is 15.9 Å². The zero-order chi connectivity index (χ0) is 19.2. The minimum absolute atomic E-state index is 0.179. The van der Waals surface area contributed by atoms with Crippen molar-refractivity contribution in [3.05, 3.63) is 34.3 Å². The molecule has 0 aliphatic heterocycles. The maximum absolute atomic E-state index is 12.7. The van der Waals surface area contributed by atoms with Crippen LogP contribution in [0.3, 0.4) is 0 Å². The molecule has 1 rings (SSSR count). The molecular formula is C19H29BrN2O3. The quantitative estimate of drug-likeness (QED) is 0.755. The van der Waals surface area contributed by atoms with Crippen LogP contribution in [-0.2, 0) is 16.1 Å². The maximum Gasteiger partial charge on any atom is 0.410 e. The molecule has 0 heterocycles. The Bertz CT molecular complexity index is 597. The highest BCUT2D eigenvalue weighted by Gasteiger charge is 2.30. The number of carbonyl (C=O) groups excluding carboxylic acids is 2. The minimum Gasteiger partial charge on any atom is -0.444 e. The molecule has 0 spiro atoms. The number of rotatable bonds is 6. The highest BCUT2D eigenvalue weighted by atomic mass is 79.9. The third-order valence-electron chi connectivity index (χ3n) is 3.50. The first kappa shape index (κ1) is 21.5. The van der Waals surface area contributed by atoms with Crippen LogP contribution in [0.25, 0.3) is 0 Å². The van der Waals surface area contributed by atoms with Crippen molar-refractivity contribution in [2.45, 2.75) is 59.2 Å². The summed E-state index contributed by atoms with van der Waals surface area (Å²) in [5.41, 5.74) is 0.395. The lowest BCUT2D eigenvalue weighted by Crippen LogP contribution is -2.49. The van der Waals surface area contributed by atoms with Gasteiger partial charge >= 0.3 is 6.09 Å². The zero-order valence-electron chi connectivity index (χ0n) is 15.9. The molecule has 2 amide bonds. The number of nitrogens with one attached hydrogen (secondary N) is 1. The molecule has 6 heteroatoms. The molecule has 0 radical (unpaired) electrons. The number of ether oxygens (including phenoxy) is 1. The second-order valence-corrected chi connectivity index (χ2v) is 8.50. The van der Waals surface area contributed by atoms with E-state index in [1.165, 1.54) is 4.90 Å². The fourth-order valence-electron chi connectivity index (χ4n) is 2.30. The first-order chi connectivity index (χ1) is 11.5. The second-order valence-electron chi connectivity index (χ2n) is 7.58. The number of benzene rings is 1. The van der Waals surface area contributed by atoms with Crippen LogP contribution in [0.4, 0.5) is 4.79 Å². The Balaban J connectivity index is 2.79. The lowest BCUT2D eigenvalue weighted by Gasteiger charge is -2.31. The fraction of sp³-hybridized carbons (Fsp3) is 0.579. The van der Waals surface area contributed by atoms with Crippen molar-refractivity contribution in [2.24, 2.45) is 5.92 Å². The summed E-state index contributed by atoms with van der Waals surface area (Å²) >= 11 is 3.42.